The lowest BCUT2D eigenvalue weighted by Crippen LogP contribution is -2.34. The van der Waals surface area contributed by atoms with Gasteiger partial charge < -0.3 is 10.2 Å². The molecule has 2 amide bonds. The molecule has 0 saturated heterocycles. The summed E-state index contributed by atoms with van der Waals surface area (Å²) < 4.78 is 0. The quantitative estimate of drug-likeness (QED) is 0.898. The molecule has 1 aliphatic carbocycles. The zero-order valence-corrected chi connectivity index (χ0v) is 11.8. The van der Waals surface area contributed by atoms with Crippen molar-refractivity contribution in [3.63, 3.8) is 0 Å². The maximum absolute atomic E-state index is 12.0. The Morgan fingerprint density at radius 2 is 2.05 bits per heavy atom. The summed E-state index contributed by atoms with van der Waals surface area (Å²) in [5.74, 6) is 0.440. The smallest absolute Gasteiger partial charge is 0.227 e. The van der Waals surface area contributed by atoms with Crippen LogP contribution in [0.2, 0.25) is 0 Å². The lowest BCUT2D eigenvalue weighted by molar-refractivity contribution is -0.129. The van der Waals surface area contributed by atoms with Gasteiger partial charge in [-0.05, 0) is 42.5 Å². The minimum atomic E-state index is 0.111. The molecule has 2 aliphatic rings. The van der Waals surface area contributed by atoms with Crippen LogP contribution in [-0.4, -0.2) is 23.3 Å². The van der Waals surface area contributed by atoms with Crippen molar-refractivity contribution in [1.82, 2.24) is 4.90 Å². The van der Waals surface area contributed by atoms with Gasteiger partial charge in [-0.15, -0.1) is 0 Å². The summed E-state index contributed by atoms with van der Waals surface area (Å²) in [6, 6.07) is 6.06. The molecule has 106 valence electrons. The van der Waals surface area contributed by atoms with E-state index in [0.29, 0.717) is 6.54 Å². The Kier molecular flexibility index (Phi) is 3.47. The molecule has 3 rings (SSSR count). The highest BCUT2D eigenvalue weighted by Gasteiger charge is 2.25. The Balaban J connectivity index is 1.73. The molecule has 1 aromatic rings. The van der Waals surface area contributed by atoms with E-state index in [1.807, 2.05) is 17.0 Å². The second-order valence-electron chi connectivity index (χ2n) is 5.79. The number of anilines is 1. The summed E-state index contributed by atoms with van der Waals surface area (Å²) in [5, 5.41) is 3.00. The lowest BCUT2D eigenvalue weighted by atomic mass is 9.85. The SMILES string of the molecule is CC(=O)N1CCc2ccc(NC(=O)C3CCC3)cc2C1. The fourth-order valence-corrected chi connectivity index (χ4v) is 2.82. The number of hydrogen-bond donors (Lipinski definition) is 1. The van der Waals surface area contributed by atoms with Crippen LogP contribution in [0.5, 0.6) is 0 Å². The first-order chi connectivity index (χ1) is 9.63. The van der Waals surface area contributed by atoms with Crippen LogP contribution in [0.15, 0.2) is 18.2 Å². The lowest BCUT2D eigenvalue weighted by Gasteiger charge is -2.29. The first kappa shape index (κ1) is 13.2. The maximum Gasteiger partial charge on any atom is 0.227 e. The third-order valence-electron chi connectivity index (χ3n) is 4.41. The van der Waals surface area contributed by atoms with E-state index in [2.05, 4.69) is 11.4 Å². The molecule has 0 aromatic heterocycles. The topological polar surface area (TPSA) is 49.4 Å². The summed E-state index contributed by atoms with van der Waals surface area (Å²) >= 11 is 0. The molecule has 1 aliphatic heterocycles. The third kappa shape index (κ3) is 2.55. The molecule has 20 heavy (non-hydrogen) atoms. The van der Waals surface area contributed by atoms with E-state index in [4.69, 9.17) is 0 Å². The normalized spacial score (nSPS) is 18.1. The van der Waals surface area contributed by atoms with Gasteiger partial charge in [0, 0.05) is 31.6 Å². The van der Waals surface area contributed by atoms with Gasteiger partial charge in [-0.25, -0.2) is 0 Å². The van der Waals surface area contributed by atoms with E-state index in [1.165, 1.54) is 5.56 Å². The number of rotatable bonds is 2. The Bertz CT molecular complexity index is 549. The van der Waals surface area contributed by atoms with Gasteiger partial charge in [0.1, 0.15) is 0 Å². The summed E-state index contributed by atoms with van der Waals surface area (Å²) in [7, 11) is 0. The van der Waals surface area contributed by atoms with Crippen molar-refractivity contribution in [1.29, 1.82) is 0 Å². The summed E-state index contributed by atoms with van der Waals surface area (Å²) in [6.07, 6.45) is 4.07. The number of benzene rings is 1. The van der Waals surface area contributed by atoms with E-state index in [9.17, 15) is 9.59 Å². The second-order valence-corrected chi connectivity index (χ2v) is 5.79. The molecule has 0 bridgehead atoms. The number of fused-ring (bicyclic) bond motifs is 1. The first-order valence-electron chi connectivity index (χ1n) is 7.31. The molecule has 4 nitrogen and oxygen atoms in total. The van der Waals surface area contributed by atoms with Gasteiger partial charge in [-0.2, -0.15) is 0 Å². The van der Waals surface area contributed by atoms with Gasteiger partial charge >= 0.3 is 0 Å². The summed E-state index contributed by atoms with van der Waals surface area (Å²) in [4.78, 5) is 25.3. The van der Waals surface area contributed by atoms with E-state index < -0.39 is 0 Å². The molecule has 0 spiro atoms. The number of carbonyl (C=O) groups excluding carboxylic acids is 2. The molecule has 0 radical (unpaired) electrons. The first-order valence-corrected chi connectivity index (χ1v) is 7.31. The van der Waals surface area contributed by atoms with Crippen molar-refractivity contribution in [2.75, 3.05) is 11.9 Å². The molecule has 0 atom stereocenters. The minimum absolute atomic E-state index is 0.111. The van der Waals surface area contributed by atoms with Crippen molar-refractivity contribution in [2.45, 2.75) is 39.2 Å². The number of carbonyl (C=O) groups is 2. The van der Waals surface area contributed by atoms with Crippen LogP contribution >= 0.6 is 0 Å². The molecule has 4 heteroatoms. The Hall–Kier alpha value is -1.84. The van der Waals surface area contributed by atoms with Crippen molar-refractivity contribution in [2.24, 2.45) is 5.92 Å². The van der Waals surface area contributed by atoms with Crippen molar-refractivity contribution in [3.05, 3.63) is 29.3 Å². The highest BCUT2D eigenvalue weighted by molar-refractivity contribution is 5.93. The average molecular weight is 272 g/mol. The fourth-order valence-electron chi connectivity index (χ4n) is 2.82. The van der Waals surface area contributed by atoms with Crippen LogP contribution in [0, 0.1) is 5.92 Å². The van der Waals surface area contributed by atoms with Crippen LogP contribution in [0.4, 0.5) is 5.69 Å². The van der Waals surface area contributed by atoms with Gasteiger partial charge in [0.25, 0.3) is 0 Å². The van der Waals surface area contributed by atoms with Crippen LogP contribution < -0.4 is 5.32 Å². The van der Waals surface area contributed by atoms with Gasteiger partial charge in [-0.1, -0.05) is 12.5 Å². The fraction of sp³-hybridized carbons (Fsp3) is 0.500. The molecule has 1 fully saturated rings. The predicted molar refractivity (Wildman–Crippen MR) is 77.2 cm³/mol. The maximum atomic E-state index is 12.0. The third-order valence-corrected chi connectivity index (χ3v) is 4.41. The van der Waals surface area contributed by atoms with Gasteiger partial charge in [0.15, 0.2) is 0 Å². The van der Waals surface area contributed by atoms with Crippen LogP contribution in [0.25, 0.3) is 0 Å². The molecule has 1 aromatic carbocycles. The largest absolute Gasteiger partial charge is 0.338 e. The summed E-state index contributed by atoms with van der Waals surface area (Å²) in [5.41, 5.74) is 3.29. The molecule has 1 saturated carbocycles. The van der Waals surface area contributed by atoms with E-state index >= 15 is 0 Å². The van der Waals surface area contributed by atoms with E-state index in [1.54, 1.807) is 6.92 Å². The van der Waals surface area contributed by atoms with Crippen molar-refractivity contribution < 1.29 is 9.59 Å². The molecule has 1 heterocycles. The zero-order chi connectivity index (χ0) is 14.1. The van der Waals surface area contributed by atoms with E-state index in [-0.39, 0.29) is 17.7 Å². The highest BCUT2D eigenvalue weighted by atomic mass is 16.2. The van der Waals surface area contributed by atoms with Crippen LogP contribution in [0.1, 0.15) is 37.3 Å². The van der Waals surface area contributed by atoms with E-state index in [0.717, 1.165) is 43.5 Å². The van der Waals surface area contributed by atoms with Crippen molar-refractivity contribution >= 4 is 17.5 Å². The molecule has 0 unspecified atom stereocenters. The number of nitrogens with one attached hydrogen (secondary N) is 1. The Labute approximate surface area is 119 Å². The standard InChI is InChI=1S/C16H20N2O2/c1-11(19)18-8-7-12-5-6-15(9-14(12)10-18)17-16(20)13-3-2-4-13/h5-6,9,13H,2-4,7-8,10H2,1H3,(H,17,20). The Morgan fingerprint density at radius 1 is 1.25 bits per heavy atom. The number of hydrogen-bond acceptors (Lipinski definition) is 2. The monoisotopic (exact) mass is 272 g/mol. The molecule has 1 N–H and O–H groups in total. The summed E-state index contributed by atoms with van der Waals surface area (Å²) in [6.45, 7) is 3.04. The zero-order valence-electron chi connectivity index (χ0n) is 11.8. The Morgan fingerprint density at radius 3 is 2.70 bits per heavy atom. The second kappa shape index (κ2) is 5.27. The predicted octanol–water partition coefficient (Wildman–Crippen LogP) is 2.33. The van der Waals surface area contributed by atoms with Gasteiger partial charge in [-0.3, -0.25) is 9.59 Å². The van der Waals surface area contributed by atoms with Gasteiger partial charge in [0.05, 0.1) is 0 Å². The highest BCUT2D eigenvalue weighted by Crippen LogP contribution is 2.28. The average Bonchev–Trinajstić information content (AvgIpc) is 2.35. The van der Waals surface area contributed by atoms with Gasteiger partial charge in [0.2, 0.25) is 11.8 Å². The minimum Gasteiger partial charge on any atom is -0.338 e. The molecular weight excluding hydrogens is 252 g/mol. The van der Waals surface area contributed by atoms with Crippen LogP contribution in [0.3, 0.4) is 0 Å². The van der Waals surface area contributed by atoms with Crippen molar-refractivity contribution in [3.8, 4) is 0 Å². The number of amides is 2. The molecular formula is C16H20N2O2. The number of nitrogens with zero attached hydrogens (tertiary/aromatic N) is 1. The van der Waals surface area contributed by atoms with Crippen LogP contribution in [-0.2, 0) is 22.6 Å².